The summed E-state index contributed by atoms with van der Waals surface area (Å²) in [6, 6.07) is 0. The first-order valence-electron chi connectivity index (χ1n) is 4.40. The topological polar surface area (TPSA) is 59.6 Å². The zero-order chi connectivity index (χ0) is 8.81. The van der Waals surface area contributed by atoms with Crippen LogP contribution in [0.2, 0.25) is 0 Å². The SMILES string of the molecule is CN=C(CCC1CCCO1)NN. The lowest BCUT2D eigenvalue weighted by atomic mass is 10.1. The van der Waals surface area contributed by atoms with E-state index >= 15 is 0 Å². The molecule has 70 valence electrons. The Bertz CT molecular complexity index is 152. The average Bonchev–Trinajstić information content (AvgIpc) is 2.59. The molecule has 0 spiro atoms. The zero-order valence-corrected chi connectivity index (χ0v) is 7.55. The second-order valence-corrected chi connectivity index (χ2v) is 2.99. The number of hydrogen-bond donors (Lipinski definition) is 2. The van der Waals surface area contributed by atoms with Crippen LogP contribution in [0.3, 0.4) is 0 Å². The van der Waals surface area contributed by atoms with Crippen LogP contribution >= 0.6 is 0 Å². The molecule has 0 saturated carbocycles. The molecule has 0 aromatic rings. The molecular formula is C8H17N3O. The molecule has 3 N–H and O–H groups in total. The van der Waals surface area contributed by atoms with Gasteiger partial charge < -0.3 is 10.2 Å². The van der Waals surface area contributed by atoms with Gasteiger partial charge in [-0.25, -0.2) is 5.84 Å². The maximum atomic E-state index is 5.47. The van der Waals surface area contributed by atoms with Gasteiger partial charge in [0.1, 0.15) is 5.84 Å². The zero-order valence-electron chi connectivity index (χ0n) is 7.55. The highest BCUT2D eigenvalue weighted by molar-refractivity contribution is 5.81. The van der Waals surface area contributed by atoms with Crippen molar-refractivity contribution in [3.8, 4) is 0 Å². The van der Waals surface area contributed by atoms with Crippen LogP contribution in [0.4, 0.5) is 0 Å². The normalized spacial score (nSPS) is 24.5. The van der Waals surface area contributed by atoms with Crippen LogP contribution in [0.15, 0.2) is 4.99 Å². The van der Waals surface area contributed by atoms with Gasteiger partial charge in [0, 0.05) is 20.1 Å². The van der Waals surface area contributed by atoms with Crippen molar-refractivity contribution in [2.45, 2.75) is 31.8 Å². The molecule has 4 heteroatoms. The summed E-state index contributed by atoms with van der Waals surface area (Å²) in [6.45, 7) is 0.916. The predicted molar refractivity (Wildman–Crippen MR) is 48.9 cm³/mol. The monoisotopic (exact) mass is 171 g/mol. The predicted octanol–water partition coefficient (Wildman–Crippen LogP) is 0.437. The number of nitrogens with zero attached hydrogens (tertiary/aromatic N) is 1. The molecule has 12 heavy (non-hydrogen) atoms. The van der Waals surface area contributed by atoms with Crippen molar-refractivity contribution >= 4 is 5.84 Å². The van der Waals surface area contributed by atoms with Gasteiger partial charge in [-0.15, -0.1) is 0 Å². The number of hydrazine groups is 1. The van der Waals surface area contributed by atoms with E-state index in [-0.39, 0.29) is 0 Å². The Morgan fingerprint density at radius 3 is 3.08 bits per heavy atom. The Balaban J connectivity index is 2.15. The van der Waals surface area contributed by atoms with E-state index < -0.39 is 0 Å². The third-order valence-electron chi connectivity index (χ3n) is 2.16. The molecule has 0 radical (unpaired) electrons. The van der Waals surface area contributed by atoms with E-state index in [1.54, 1.807) is 7.05 Å². The number of nitrogens with one attached hydrogen (secondary N) is 1. The Morgan fingerprint density at radius 2 is 2.58 bits per heavy atom. The fourth-order valence-electron chi connectivity index (χ4n) is 1.42. The minimum Gasteiger partial charge on any atom is -0.378 e. The third kappa shape index (κ3) is 2.79. The van der Waals surface area contributed by atoms with Crippen molar-refractivity contribution in [1.82, 2.24) is 5.43 Å². The Kier molecular flexibility index (Phi) is 4.04. The Hall–Kier alpha value is -0.610. The molecule has 0 aromatic heterocycles. The second kappa shape index (κ2) is 5.11. The standard InChI is InChI=1S/C8H17N3O/c1-10-8(11-9)5-4-7-3-2-6-12-7/h7H,2-6,9H2,1H3,(H,10,11). The largest absolute Gasteiger partial charge is 0.378 e. The van der Waals surface area contributed by atoms with E-state index in [1.807, 2.05) is 0 Å². The van der Waals surface area contributed by atoms with Gasteiger partial charge in [0.2, 0.25) is 0 Å². The summed E-state index contributed by atoms with van der Waals surface area (Å²) >= 11 is 0. The summed E-state index contributed by atoms with van der Waals surface area (Å²) < 4.78 is 5.47. The molecule has 1 heterocycles. The molecule has 0 aromatic carbocycles. The highest BCUT2D eigenvalue weighted by Crippen LogP contribution is 2.16. The van der Waals surface area contributed by atoms with Crippen molar-refractivity contribution in [2.24, 2.45) is 10.8 Å². The van der Waals surface area contributed by atoms with Gasteiger partial charge in [-0.05, 0) is 19.3 Å². The number of aliphatic imine (C=N–C) groups is 1. The van der Waals surface area contributed by atoms with Gasteiger partial charge >= 0.3 is 0 Å². The fourth-order valence-corrected chi connectivity index (χ4v) is 1.42. The van der Waals surface area contributed by atoms with Crippen LogP contribution in [0.5, 0.6) is 0 Å². The molecule has 0 bridgehead atoms. The maximum Gasteiger partial charge on any atom is 0.110 e. The molecule has 1 rings (SSSR count). The van der Waals surface area contributed by atoms with Crippen molar-refractivity contribution in [3.63, 3.8) is 0 Å². The lowest BCUT2D eigenvalue weighted by Crippen LogP contribution is -2.30. The number of rotatable bonds is 3. The maximum absolute atomic E-state index is 5.47. The van der Waals surface area contributed by atoms with E-state index in [2.05, 4.69) is 10.4 Å². The van der Waals surface area contributed by atoms with Gasteiger partial charge in [-0.3, -0.25) is 4.99 Å². The first-order chi connectivity index (χ1) is 5.86. The first-order valence-corrected chi connectivity index (χ1v) is 4.40. The van der Waals surface area contributed by atoms with E-state index in [9.17, 15) is 0 Å². The number of amidine groups is 1. The number of nitrogens with two attached hydrogens (primary N) is 1. The summed E-state index contributed by atoms with van der Waals surface area (Å²) in [7, 11) is 1.74. The van der Waals surface area contributed by atoms with Crippen molar-refractivity contribution < 1.29 is 4.74 Å². The van der Waals surface area contributed by atoms with Crippen LogP contribution in [0, 0.1) is 0 Å². The molecule has 4 nitrogen and oxygen atoms in total. The van der Waals surface area contributed by atoms with Gasteiger partial charge in [-0.2, -0.15) is 0 Å². The van der Waals surface area contributed by atoms with E-state index in [4.69, 9.17) is 10.6 Å². The lowest BCUT2D eigenvalue weighted by Gasteiger charge is -2.09. The molecule has 1 fully saturated rings. The second-order valence-electron chi connectivity index (χ2n) is 2.99. The molecule has 0 aliphatic carbocycles. The van der Waals surface area contributed by atoms with Crippen molar-refractivity contribution in [2.75, 3.05) is 13.7 Å². The smallest absolute Gasteiger partial charge is 0.110 e. The van der Waals surface area contributed by atoms with Crippen molar-refractivity contribution in [1.29, 1.82) is 0 Å². The van der Waals surface area contributed by atoms with E-state index in [0.717, 1.165) is 25.3 Å². The first kappa shape index (κ1) is 9.48. The summed E-state index contributed by atoms with van der Waals surface area (Å²) in [4.78, 5) is 3.99. The van der Waals surface area contributed by atoms with Crippen LogP contribution < -0.4 is 11.3 Å². The lowest BCUT2D eigenvalue weighted by molar-refractivity contribution is 0.106. The van der Waals surface area contributed by atoms with Gasteiger partial charge in [0.15, 0.2) is 0 Å². The highest BCUT2D eigenvalue weighted by atomic mass is 16.5. The van der Waals surface area contributed by atoms with Gasteiger partial charge in [-0.1, -0.05) is 0 Å². The summed E-state index contributed by atoms with van der Waals surface area (Å²) in [5.74, 6) is 6.10. The Labute approximate surface area is 73.2 Å². The van der Waals surface area contributed by atoms with Gasteiger partial charge in [0.25, 0.3) is 0 Å². The highest BCUT2D eigenvalue weighted by Gasteiger charge is 2.15. The van der Waals surface area contributed by atoms with E-state index in [1.165, 1.54) is 12.8 Å². The molecule has 1 aliphatic rings. The molecule has 1 atom stereocenters. The number of hydrogen-bond acceptors (Lipinski definition) is 3. The number of ether oxygens (including phenoxy) is 1. The minimum atomic E-state index is 0.426. The van der Waals surface area contributed by atoms with Crippen LogP contribution in [-0.4, -0.2) is 25.6 Å². The van der Waals surface area contributed by atoms with E-state index in [0.29, 0.717) is 6.10 Å². The summed E-state index contributed by atoms with van der Waals surface area (Å²) in [5, 5.41) is 0. The third-order valence-corrected chi connectivity index (χ3v) is 2.16. The molecule has 1 unspecified atom stereocenters. The van der Waals surface area contributed by atoms with Crippen molar-refractivity contribution in [3.05, 3.63) is 0 Å². The Morgan fingerprint density at radius 1 is 1.75 bits per heavy atom. The van der Waals surface area contributed by atoms with Crippen LogP contribution in [0.1, 0.15) is 25.7 Å². The average molecular weight is 171 g/mol. The molecular weight excluding hydrogens is 154 g/mol. The summed E-state index contributed by atoms with van der Waals surface area (Å²) in [5.41, 5.74) is 2.57. The van der Waals surface area contributed by atoms with Gasteiger partial charge in [0.05, 0.1) is 6.10 Å². The molecule has 0 amide bonds. The van der Waals surface area contributed by atoms with Crippen LogP contribution in [0.25, 0.3) is 0 Å². The summed E-state index contributed by atoms with van der Waals surface area (Å²) in [6.07, 6.45) is 4.71. The van der Waals surface area contributed by atoms with Crippen LogP contribution in [-0.2, 0) is 4.74 Å². The molecule has 1 aliphatic heterocycles. The minimum absolute atomic E-state index is 0.426. The molecule has 1 saturated heterocycles. The fraction of sp³-hybridized carbons (Fsp3) is 0.875. The quantitative estimate of drug-likeness (QED) is 0.280.